The van der Waals surface area contributed by atoms with E-state index in [0.29, 0.717) is 33.4 Å². The van der Waals surface area contributed by atoms with Gasteiger partial charge in [0.2, 0.25) is 5.88 Å². The SMILES string of the molecule is COc1ccc(C2C(C#N)=C(N)Oc3cc(OC(=O)c4cccs4)ccc32)c(OC)c1. The van der Waals surface area contributed by atoms with Crippen molar-refractivity contribution in [2.24, 2.45) is 5.73 Å². The predicted octanol–water partition coefficient (Wildman–Crippen LogP) is 4.20. The van der Waals surface area contributed by atoms with Crippen LogP contribution in [0.25, 0.3) is 0 Å². The molecule has 156 valence electrons. The summed E-state index contributed by atoms with van der Waals surface area (Å²) in [6.07, 6.45) is 0. The number of carbonyl (C=O) groups is 1. The summed E-state index contributed by atoms with van der Waals surface area (Å²) in [5.41, 5.74) is 7.77. The first-order valence-corrected chi connectivity index (χ1v) is 10.1. The van der Waals surface area contributed by atoms with E-state index in [1.165, 1.54) is 11.3 Å². The van der Waals surface area contributed by atoms with Gasteiger partial charge < -0.3 is 24.7 Å². The molecule has 0 saturated carbocycles. The van der Waals surface area contributed by atoms with Gasteiger partial charge in [0.05, 0.1) is 20.1 Å². The van der Waals surface area contributed by atoms with Crippen LogP contribution in [0, 0.1) is 11.3 Å². The normalized spacial score (nSPS) is 14.8. The molecule has 2 N–H and O–H groups in total. The van der Waals surface area contributed by atoms with Crippen LogP contribution in [-0.4, -0.2) is 20.2 Å². The van der Waals surface area contributed by atoms with Crippen LogP contribution in [0.1, 0.15) is 26.7 Å². The molecule has 1 aliphatic heterocycles. The Morgan fingerprint density at radius 2 is 1.87 bits per heavy atom. The number of benzene rings is 2. The Morgan fingerprint density at radius 1 is 1.10 bits per heavy atom. The van der Waals surface area contributed by atoms with Crippen LogP contribution in [0.2, 0.25) is 0 Å². The van der Waals surface area contributed by atoms with Crippen LogP contribution in [0.4, 0.5) is 0 Å². The second-order valence-corrected chi connectivity index (χ2v) is 7.55. The van der Waals surface area contributed by atoms with Crippen molar-refractivity contribution in [2.75, 3.05) is 14.2 Å². The monoisotopic (exact) mass is 434 g/mol. The third kappa shape index (κ3) is 3.79. The molecule has 3 aromatic rings. The molecule has 1 aromatic heterocycles. The van der Waals surface area contributed by atoms with Gasteiger partial charge in [0.25, 0.3) is 0 Å². The molecule has 0 radical (unpaired) electrons. The van der Waals surface area contributed by atoms with E-state index in [1.807, 2.05) is 6.07 Å². The van der Waals surface area contributed by atoms with Crippen molar-refractivity contribution < 1.29 is 23.7 Å². The molecule has 0 amide bonds. The predicted molar refractivity (Wildman–Crippen MR) is 115 cm³/mol. The van der Waals surface area contributed by atoms with E-state index in [2.05, 4.69) is 6.07 Å². The van der Waals surface area contributed by atoms with Gasteiger partial charge in [-0.15, -0.1) is 11.3 Å². The number of thiophene rings is 1. The summed E-state index contributed by atoms with van der Waals surface area (Å²) in [4.78, 5) is 12.8. The van der Waals surface area contributed by atoms with E-state index in [1.54, 1.807) is 62.1 Å². The number of esters is 1. The number of nitriles is 1. The minimum atomic E-state index is -0.517. The van der Waals surface area contributed by atoms with Crippen molar-refractivity contribution in [3.05, 3.63) is 81.4 Å². The Morgan fingerprint density at radius 3 is 2.55 bits per heavy atom. The fourth-order valence-corrected chi connectivity index (χ4v) is 4.03. The van der Waals surface area contributed by atoms with Gasteiger partial charge in [-0.1, -0.05) is 18.2 Å². The summed E-state index contributed by atoms with van der Waals surface area (Å²) < 4.78 is 22.0. The molecular weight excluding hydrogens is 416 g/mol. The average Bonchev–Trinajstić information content (AvgIpc) is 3.33. The first-order chi connectivity index (χ1) is 15.0. The molecule has 2 aromatic carbocycles. The number of rotatable bonds is 5. The molecule has 0 spiro atoms. The highest BCUT2D eigenvalue weighted by Gasteiger charge is 2.33. The van der Waals surface area contributed by atoms with Crippen molar-refractivity contribution in [1.29, 1.82) is 5.26 Å². The molecule has 31 heavy (non-hydrogen) atoms. The molecule has 0 bridgehead atoms. The Balaban J connectivity index is 1.76. The van der Waals surface area contributed by atoms with Crippen LogP contribution in [0.15, 0.2) is 65.4 Å². The lowest BCUT2D eigenvalue weighted by molar-refractivity contribution is 0.0739. The van der Waals surface area contributed by atoms with E-state index < -0.39 is 11.9 Å². The molecule has 4 rings (SSSR count). The highest BCUT2D eigenvalue weighted by Crippen LogP contribution is 2.46. The first-order valence-electron chi connectivity index (χ1n) is 9.24. The lowest BCUT2D eigenvalue weighted by atomic mass is 9.83. The first kappa shape index (κ1) is 20.3. The number of methoxy groups -OCH3 is 2. The van der Waals surface area contributed by atoms with E-state index in [-0.39, 0.29) is 11.5 Å². The summed E-state index contributed by atoms with van der Waals surface area (Å²) in [5.74, 6) is 0.892. The van der Waals surface area contributed by atoms with Gasteiger partial charge >= 0.3 is 5.97 Å². The van der Waals surface area contributed by atoms with E-state index in [4.69, 9.17) is 24.7 Å². The number of carbonyl (C=O) groups excluding carboxylic acids is 1. The largest absolute Gasteiger partial charge is 0.497 e. The molecule has 7 nitrogen and oxygen atoms in total. The highest BCUT2D eigenvalue weighted by atomic mass is 32.1. The van der Waals surface area contributed by atoms with Gasteiger partial charge in [0.1, 0.15) is 39.5 Å². The van der Waals surface area contributed by atoms with Gasteiger partial charge in [-0.25, -0.2) is 4.79 Å². The molecule has 1 atom stereocenters. The number of hydrogen-bond acceptors (Lipinski definition) is 8. The Hall–Kier alpha value is -3.96. The van der Waals surface area contributed by atoms with Crippen molar-refractivity contribution in [2.45, 2.75) is 5.92 Å². The van der Waals surface area contributed by atoms with E-state index in [0.717, 1.165) is 5.56 Å². The van der Waals surface area contributed by atoms with Crippen molar-refractivity contribution in [3.8, 4) is 29.1 Å². The highest BCUT2D eigenvalue weighted by molar-refractivity contribution is 7.12. The van der Waals surface area contributed by atoms with Crippen molar-refractivity contribution >= 4 is 17.3 Å². The second-order valence-electron chi connectivity index (χ2n) is 6.60. The fourth-order valence-electron chi connectivity index (χ4n) is 3.43. The zero-order valence-corrected chi connectivity index (χ0v) is 17.6. The number of ether oxygens (including phenoxy) is 4. The molecule has 1 unspecified atom stereocenters. The van der Waals surface area contributed by atoms with Crippen LogP contribution < -0.4 is 24.7 Å². The summed E-state index contributed by atoms with van der Waals surface area (Å²) >= 11 is 1.29. The molecule has 2 heterocycles. The van der Waals surface area contributed by atoms with Crippen LogP contribution in [0.3, 0.4) is 0 Å². The van der Waals surface area contributed by atoms with Gasteiger partial charge in [0, 0.05) is 23.3 Å². The van der Waals surface area contributed by atoms with E-state index >= 15 is 0 Å². The molecule has 0 fully saturated rings. The lowest BCUT2D eigenvalue weighted by Crippen LogP contribution is -2.21. The Kier molecular flexibility index (Phi) is 5.52. The summed E-state index contributed by atoms with van der Waals surface area (Å²) in [5, 5.41) is 11.6. The zero-order chi connectivity index (χ0) is 22.0. The Labute approximate surface area is 182 Å². The van der Waals surface area contributed by atoms with Crippen LogP contribution in [0.5, 0.6) is 23.0 Å². The minimum absolute atomic E-state index is 0.0143. The third-order valence-corrected chi connectivity index (χ3v) is 5.72. The maximum atomic E-state index is 12.3. The van der Waals surface area contributed by atoms with Gasteiger partial charge in [0.15, 0.2) is 0 Å². The molecule has 0 saturated heterocycles. The summed E-state index contributed by atoms with van der Waals surface area (Å²) in [6.45, 7) is 0. The number of hydrogen-bond donors (Lipinski definition) is 1. The molecule has 8 heteroatoms. The van der Waals surface area contributed by atoms with Crippen molar-refractivity contribution in [1.82, 2.24) is 0 Å². The smallest absolute Gasteiger partial charge is 0.353 e. The average molecular weight is 434 g/mol. The third-order valence-electron chi connectivity index (χ3n) is 4.88. The number of fused-ring (bicyclic) bond motifs is 1. The minimum Gasteiger partial charge on any atom is -0.497 e. The van der Waals surface area contributed by atoms with Gasteiger partial charge in [-0.2, -0.15) is 5.26 Å². The Bertz CT molecular complexity index is 1210. The maximum absolute atomic E-state index is 12.3. The van der Waals surface area contributed by atoms with Crippen LogP contribution in [-0.2, 0) is 0 Å². The number of allylic oxidation sites excluding steroid dienone is 1. The number of nitrogens with two attached hydrogens (primary N) is 1. The quantitative estimate of drug-likeness (QED) is 0.474. The second kappa shape index (κ2) is 8.42. The summed E-state index contributed by atoms with van der Waals surface area (Å²) in [7, 11) is 3.11. The molecule has 0 aliphatic carbocycles. The fraction of sp³-hybridized carbons (Fsp3) is 0.130. The maximum Gasteiger partial charge on any atom is 0.353 e. The van der Waals surface area contributed by atoms with Gasteiger partial charge in [-0.3, -0.25) is 0 Å². The topological polar surface area (TPSA) is 104 Å². The number of nitrogens with zero attached hydrogens (tertiary/aromatic N) is 1. The van der Waals surface area contributed by atoms with Crippen LogP contribution >= 0.6 is 11.3 Å². The molecular formula is C23H18N2O5S. The lowest BCUT2D eigenvalue weighted by Gasteiger charge is -2.27. The zero-order valence-electron chi connectivity index (χ0n) is 16.7. The summed E-state index contributed by atoms with van der Waals surface area (Å²) in [6, 6.07) is 16.0. The standard InChI is InChI=1S/C23H18N2O5S/c1-27-13-5-7-15(18(10-13)28-2)21-16-8-6-14(29-23(26)20-4-3-9-31-20)11-19(16)30-22(25)17(21)12-24/h3-11,21H,25H2,1-2H3. The van der Waals surface area contributed by atoms with Crippen molar-refractivity contribution in [3.63, 3.8) is 0 Å². The molecule has 1 aliphatic rings. The van der Waals surface area contributed by atoms with Gasteiger partial charge in [-0.05, 0) is 23.6 Å². The van der Waals surface area contributed by atoms with E-state index in [9.17, 15) is 10.1 Å².